The Morgan fingerprint density at radius 3 is 2.39 bits per heavy atom. The van der Waals surface area contributed by atoms with E-state index in [0.717, 1.165) is 0 Å². The average Bonchev–Trinajstić information content (AvgIpc) is 2.55. The molecule has 1 rings (SSSR count). The maximum absolute atomic E-state index is 12.2. The zero-order valence-corrected chi connectivity index (χ0v) is 14.5. The molecule has 23 heavy (non-hydrogen) atoms. The molecule has 0 spiro atoms. The number of methoxy groups -OCH3 is 2. The first-order valence-electron chi connectivity index (χ1n) is 6.95. The first-order chi connectivity index (χ1) is 11.0. The Morgan fingerprint density at radius 2 is 1.87 bits per heavy atom. The van der Waals surface area contributed by atoms with E-state index in [4.69, 9.17) is 18.5 Å². The Balaban J connectivity index is 2.82. The highest BCUT2D eigenvalue weighted by Gasteiger charge is 2.34. The van der Waals surface area contributed by atoms with Crippen molar-refractivity contribution in [1.82, 2.24) is 5.43 Å². The maximum Gasteiger partial charge on any atom is 0.420 e. The lowest BCUT2D eigenvalue weighted by molar-refractivity contribution is 0.207. The second-order valence-electron chi connectivity index (χ2n) is 4.12. The topological polar surface area (TPSA) is 95.5 Å². The van der Waals surface area contributed by atoms with E-state index in [-0.39, 0.29) is 13.2 Å². The predicted molar refractivity (Wildman–Crippen MR) is 86.5 cm³/mol. The van der Waals surface area contributed by atoms with E-state index in [1.54, 1.807) is 39.2 Å². The van der Waals surface area contributed by atoms with E-state index in [0.29, 0.717) is 17.1 Å². The van der Waals surface area contributed by atoms with Gasteiger partial charge in [0.25, 0.3) is 0 Å². The van der Waals surface area contributed by atoms with Gasteiger partial charge in [0, 0.05) is 11.6 Å². The van der Waals surface area contributed by atoms with Crippen molar-refractivity contribution in [3.63, 3.8) is 0 Å². The van der Waals surface area contributed by atoms with Crippen LogP contribution < -0.4 is 14.9 Å². The summed E-state index contributed by atoms with van der Waals surface area (Å²) in [5, 5.41) is 3.76. The van der Waals surface area contributed by atoms with E-state index in [2.05, 4.69) is 10.5 Å². The van der Waals surface area contributed by atoms with Gasteiger partial charge in [0.2, 0.25) is 0 Å². The Hall–Kier alpha value is -1.89. The molecule has 0 heterocycles. The molecule has 0 atom stereocenters. The molecule has 0 saturated heterocycles. The van der Waals surface area contributed by atoms with Crippen LogP contribution in [0.3, 0.4) is 0 Å². The van der Waals surface area contributed by atoms with Crippen LogP contribution >= 0.6 is 7.60 Å². The van der Waals surface area contributed by atoms with Gasteiger partial charge in [-0.05, 0) is 26.0 Å². The fourth-order valence-electron chi connectivity index (χ4n) is 1.64. The third-order valence-corrected chi connectivity index (χ3v) is 4.45. The van der Waals surface area contributed by atoms with E-state index in [9.17, 15) is 9.36 Å². The standard InChI is InChI=1S/C14H21N2O6P/c1-5-21-23(18,22-6-2)14(17)16-15-10-11-7-8-12(19-3)9-13(11)20-4/h7-10H,5-6H2,1-4H3,(H,16,17)/b15-10+. The molecule has 1 aromatic rings. The quantitative estimate of drug-likeness (QED) is 0.420. The van der Waals surface area contributed by atoms with Crippen LogP contribution in [0.2, 0.25) is 0 Å². The van der Waals surface area contributed by atoms with Gasteiger partial charge in [0.05, 0.1) is 33.6 Å². The molecule has 0 aromatic heterocycles. The summed E-state index contributed by atoms with van der Waals surface area (Å²) in [7, 11) is -0.832. The van der Waals surface area contributed by atoms with Crippen LogP contribution in [-0.2, 0) is 13.6 Å². The molecule has 0 bridgehead atoms. The molecule has 128 valence electrons. The van der Waals surface area contributed by atoms with Gasteiger partial charge in [0.15, 0.2) is 0 Å². The van der Waals surface area contributed by atoms with Crippen molar-refractivity contribution in [2.45, 2.75) is 13.8 Å². The minimum absolute atomic E-state index is 0.0840. The van der Waals surface area contributed by atoms with Crippen molar-refractivity contribution >= 4 is 19.5 Å². The highest BCUT2D eigenvalue weighted by atomic mass is 31.2. The zero-order chi connectivity index (χ0) is 17.3. The van der Waals surface area contributed by atoms with Gasteiger partial charge in [-0.3, -0.25) is 4.79 Å². The van der Waals surface area contributed by atoms with Crippen molar-refractivity contribution < 1.29 is 27.9 Å². The smallest absolute Gasteiger partial charge is 0.420 e. The van der Waals surface area contributed by atoms with Crippen LogP contribution in [0.1, 0.15) is 19.4 Å². The number of rotatable bonds is 9. The number of amides is 1. The summed E-state index contributed by atoms with van der Waals surface area (Å²) in [6.45, 7) is 3.40. The number of ether oxygens (including phenoxy) is 2. The molecular weight excluding hydrogens is 323 g/mol. The van der Waals surface area contributed by atoms with Crippen LogP contribution in [0.4, 0.5) is 4.79 Å². The molecule has 1 N–H and O–H groups in total. The van der Waals surface area contributed by atoms with Crippen molar-refractivity contribution in [3.8, 4) is 11.5 Å². The second kappa shape index (κ2) is 9.29. The lowest BCUT2D eigenvalue weighted by atomic mass is 10.2. The van der Waals surface area contributed by atoms with Gasteiger partial charge in [-0.1, -0.05) is 0 Å². The third kappa shape index (κ3) is 5.35. The fourth-order valence-corrected chi connectivity index (χ4v) is 2.81. The molecule has 0 unspecified atom stereocenters. The number of carbonyl (C=O) groups excluding carboxylic acids is 1. The van der Waals surface area contributed by atoms with Crippen molar-refractivity contribution in [2.75, 3.05) is 27.4 Å². The van der Waals surface area contributed by atoms with Crippen LogP contribution in [0.5, 0.6) is 11.5 Å². The van der Waals surface area contributed by atoms with Gasteiger partial charge in [-0.15, -0.1) is 0 Å². The minimum Gasteiger partial charge on any atom is -0.497 e. The van der Waals surface area contributed by atoms with Crippen LogP contribution in [0.15, 0.2) is 23.3 Å². The molecular formula is C14H21N2O6P. The lowest BCUT2D eigenvalue weighted by Gasteiger charge is -2.14. The highest BCUT2D eigenvalue weighted by Crippen LogP contribution is 2.48. The lowest BCUT2D eigenvalue weighted by Crippen LogP contribution is -2.19. The minimum atomic E-state index is -3.88. The largest absolute Gasteiger partial charge is 0.497 e. The Bertz CT molecular complexity index is 595. The molecule has 9 heteroatoms. The number of benzene rings is 1. The Labute approximate surface area is 135 Å². The molecule has 0 radical (unpaired) electrons. The maximum atomic E-state index is 12.2. The molecule has 0 aliphatic carbocycles. The SMILES string of the molecule is CCOP(=O)(OCC)C(=O)N/N=C/c1ccc(OC)cc1OC. The van der Waals surface area contributed by atoms with E-state index in [1.807, 2.05) is 0 Å². The first-order valence-corrected chi connectivity index (χ1v) is 8.49. The first kappa shape index (κ1) is 19.2. The third-order valence-electron chi connectivity index (χ3n) is 2.65. The second-order valence-corrected chi connectivity index (χ2v) is 6.03. The Kier molecular flexibility index (Phi) is 7.74. The van der Waals surface area contributed by atoms with Gasteiger partial charge < -0.3 is 18.5 Å². The summed E-state index contributed by atoms with van der Waals surface area (Å²) in [4.78, 5) is 11.9. The Morgan fingerprint density at radius 1 is 1.22 bits per heavy atom. The van der Waals surface area contributed by atoms with Gasteiger partial charge >= 0.3 is 13.2 Å². The molecule has 0 saturated carbocycles. The van der Waals surface area contributed by atoms with Gasteiger partial charge in [0.1, 0.15) is 11.5 Å². The molecule has 1 amide bonds. The summed E-state index contributed by atoms with van der Waals surface area (Å²) in [5.41, 5.74) is 1.83. The number of nitrogens with zero attached hydrogens (tertiary/aromatic N) is 1. The molecule has 0 fully saturated rings. The molecule has 8 nitrogen and oxygen atoms in total. The number of hydrogen-bond donors (Lipinski definition) is 1. The highest BCUT2D eigenvalue weighted by molar-refractivity contribution is 7.71. The predicted octanol–water partition coefficient (Wildman–Crippen LogP) is 3.01. The average molecular weight is 344 g/mol. The summed E-state index contributed by atoms with van der Waals surface area (Å²) < 4.78 is 32.3. The van der Waals surface area contributed by atoms with Gasteiger partial charge in [-0.2, -0.15) is 5.10 Å². The van der Waals surface area contributed by atoms with Crippen molar-refractivity contribution in [1.29, 1.82) is 0 Å². The van der Waals surface area contributed by atoms with Crippen molar-refractivity contribution in [3.05, 3.63) is 23.8 Å². The number of hydrogen-bond acceptors (Lipinski definition) is 7. The normalized spacial score (nSPS) is 11.5. The van der Waals surface area contributed by atoms with E-state index in [1.165, 1.54) is 13.3 Å². The molecule has 1 aromatic carbocycles. The van der Waals surface area contributed by atoms with E-state index < -0.39 is 13.2 Å². The van der Waals surface area contributed by atoms with Crippen LogP contribution in [-0.4, -0.2) is 39.3 Å². The molecule has 0 aliphatic rings. The molecule has 0 aliphatic heterocycles. The summed E-state index contributed by atoms with van der Waals surface area (Å²) in [6.07, 6.45) is 1.36. The van der Waals surface area contributed by atoms with E-state index >= 15 is 0 Å². The van der Waals surface area contributed by atoms with Gasteiger partial charge in [-0.25, -0.2) is 9.99 Å². The summed E-state index contributed by atoms with van der Waals surface area (Å²) >= 11 is 0. The fraction of sp³-hybridized carbons (Fsp3) is 0.429. The monoisotopic (exact) mass is 344 g/mol. The number of carbonyl (C=O) groups is 1. The number of nitrogens with one attached hydrogen (secondary N) is 1. The summed E-state index contributed by atoms with van der Waals surface area (Å²) in [6, 6.07) is 5.10. The van der Waals surface area contributed by atoms with Crippen LogP contribution in [0.25, 0.3) is 0 Å². The summed E-state index contributed by atoms with van der Waals surface area (Å²) in [5.74, 6) is 1.14. The van der Waals surface area contributed by atoms with Crippen LogP contribution in [0, 0.1) is 0 Å². The number of hydrazone groups is 1. The zero-order valence-electron chi connectivity index (χ0n) is 13.6. The van der Waals surface area contributed by atoms with Crippen molar-refractivity contribution in [2.24, 2.45) is 5.10 Å².